The molecule has 0 radical (unpaired) electrons. The van der Waals surface area contributed by atoms with Crippen LogP contribution < -0.4 is 5.73 Å². The lowest BCUT2D eigenvalue weighted by atomic mass is 9.86. The molecule has 1 saturated carbocycles. The van der Waals surface area contributed by atoms with Crippen molar-refractivity contribution in [2.75, 3.05) is 0 Å². The molecule has 1 atom stereocenters. The molecular formula is C15H23N3O. The number of nitrogens with zero attached hydrogens (tertiary/aromatic N) is 2. The fourth-order valence-electron chi connectivity index (χ4n) is 1.99. The fraction of sp³-hybridized carbons (Fsp3) is 0.600. The van der Waals surface area contributed by atoms with E-state index in [1.807, 2.05) is 43.9 Å². The molecule has 2 N–H and O–H groups in total. The van der Waals surface area contributed by atoms with Gasteiger partial charge in [-0.1, -0.05) is 26.8 Å². The number of nitrogens with two attached hydrogens (primary N) is 1. The van der Waals surface area contributed by atoms with Crippen molar-refractivity contribution in [3.8, 4) is 0 Å². The van der Waals surface area contributed by atoms with Gasteiger partial charge in [0.15, 0.2) is 0 Å². The van der Waals surface area contributed by atoms with E-state index in [-0.39, 0.29) is 11.3 Å². The molecule has 0 saturated heterocycles. The Hall–Kier alpha value is -1.42. The van der Waals surface area contributed by atoms with Crippen molar-refractivity contribution in [2.24, 2.45) is 11.1 Å². The summed E-state index contributed by atoms with van der Waals surface area (Å²) in [6.45, 7) is 6.57. The molecule has 19 heavy (non-hydrogen) atoms. The second-order valence-corrected chi connectivity index (χ2v) is 6.36. The molecule has 104 valence electrons. The van der Waals surface area contributed by atoms with Crippen molar-refractivity contribution in [2.45, 2.75) is 52.2 Å². The summed E-state index contributed by atoms with van der Waals surface area (Å²) < 4.78 is 0. The molecule has 1 heterocycles. The van der Waals surface area contributed by atoms with Crippen LogP contribution in [-0.4, -0.2) is 27.9 Å². The first-order chi connectivity index (χ1) is 8.89. The first-order valence-corrected chi connectivity index (χ1v) is 6.85. The third kappa shape index (κ3) is 3.53. The van der Waals surface area contributed by atoms with Crippen molar-refractivity contribution in [3.05, 3.63) is 30.1 Å². The van der Waals surface area contributed by atoms with Crippen molar-refractivity contribution >= 4 is 5.91 Å². The molecule has 2 rings (SSSR count). The van der Waals surface area contributed by atoms with E-state index >= 15 is 0 Å². The van der Waals surface area contributed by atoms with Gasteiger partial charge < -0.3 is 10.6 Å². The Bertz CT molecular complexity index is 434. The minimum absolute atomic E-state index is 0.0423. The number of amides is 1. The van der Waals surface area contributed by atoms with E-state index in [0.29, 0.717) is 12.6 Å². The highest BCUT2D eigenvalue weighted by Crippen LogP contribution is 2.30. The van der Waals surface area contributed by atoms with E-state index in [0.717, 1.165) is 18.5 Å². The third-order valence-corrected chi connectivity index (χ3v) is 3.53. The Labute approximate surface area is 115 Å². The molecule has 1 aromatic rings. The molecule has 0 spiro atoms. The normalized spacial score (nSPS) is 17.1. The summed E-state index contributed by atoms with van der Waals surface area (Å²) in [6, 6.07) is 5.67. The summed E-state index contributed by atoms with van der Waals surface area (Å²) in [5.74, 6) is 0.0423. The van der Waals surface area contributed by atoms with Crippen LogP contribution in [-0.2, 0) is 11.3 Å². The van der Waals surface area contributed by atoms with Crippen molar-refractivity contribution in [3.63, 3.8) is 0 Å². The maximum absolute atomic E-state index is 12.5. The van der Waals surface area contributed by atoms with E-state index < -0.39 is 6.04 Å². The quantitative estimate of drug-likeness (QED) is 0.901. The predicted molar refractivity (Wildman–Crippen MR) is 75.2 cm³/mol. The van der Waals surface area contributed by atoms with Crippen LogP contribution in [0, 0.1) is 5.41 Å². The van der Waals surface area contributed by atoms with Crippen LogP contribution in [0.15, 0.2) is 24.4 Å². The Kier molecular flexibility index (Phi) is 3.90. The zero-order valence-corrected chi connectivity index (χ0v) is 12.0. The molecule has 0 bridgehead atoms. The Morgan fingerprint density at radius 2 is 2.16 bits per heavy atom. The van der Waals surface area contributed by atoms with Gasteiger partial charge in [-0.25, -0.2) is 0 Å². The molecular weight excluding hydrogens is 238 g/mol. The summed E-state index contributed by atoms with van der Waals surface area (Å²) in [6.07, 6.45) is 3.92. The van der Waals surface area contributed by atoms with Crippen molar-refractivity contribution in [1.29, 1.82) is 0 Å². The number of pyridine rings is 1. The van der Waals surface area contributed by atoms with Gasteiger partial charge in [-0.05, 0) is 30.4 Å². The highest BCUT2D eigenvalue weighted by Gasteiger charge is 2.38. The number of carbonyl (C=O) groups is 1. The van der Waals surface area contributed by atoms with Crippen LogP contribution >= 0.6 is 0 Å². The molecule has 4 heteroatoms. The van der Waals surface area contributed by atoms with E-state index in [1.165, 1.54) is 0 Å². The number of hydrogen-bond acceptors (Lipinski definition) is 3. The number of aromatic nitrogens is 1. The lowest BCUT2D eigenvalue weighted by molar-refractivity contribution is -0.136. The second kappa shape index (κ2) is 5.29. The van der Waals surface area contributed by atoms with Gasteiger partial charge in [0, 0.05) is 12.2 Å². The monoisotopic (exact) mass is 261 g/mol. The van der Waals surface area contributed by atoms with Gasteiger partial charge in [-0.15, -0.1) is 0 Å². The predicted octanol–water partition coefficient (Wildman–Crippen LogP) is 1.95. The zero-order valence-electron chi connectivity index (χ0n) is 12.0. The van der Waals surface area contributed by atoms with Crippen LogP contribution in [0.25, 0.3) is 0 Å². The Morgan fingerprint density at radius 1 is 1.47 bits per heavy atom. The van der Waals surface area contributed by atoms with E-state index in [9.17, 15) is 4.79 Å². The van der Waals surface area contributed by atoms with Crippen molar-refractivity contribution < 1.29 is 4.79 Å². The fourth-order valence-corrected chi connectivity index (χ4v) is 1.99. The number of carbonyl (C=O) groups excluding carboxylic acids is 1. The maximum Gasteiger partial charge on any atom is 0.240 e. The first kappa shape index (κ1) is 14.0. The molecule has 1 aliphatic carbocycles. The lowest BCUT2D eigenvalue weighted by Gasteiger charge is -2.32. The van der Waals surface area contributed by atoms with E-state index in [1.54, 1.807) is 6.20 Å². The van der Waals surface area contributed by atoms with Crippen LogP contribution in [0.1, 0.15) is 39.3 Å². The Morgan fingerprint density at radius 3 is 2.63 bits per heavy atom. The highest BCUT2D eigenvalue weighted by atomic mass is 16.2. The van der Waals surface area contributed by atoms with E-state index in [2.05, 4.69) is 4.98 Å². The Balaban J connectivity index is 2.10. The van der Waals surface area contributed by atoms with Crippen LogP contribution in [0.3, 0.4) is 0 Å². The van der Waals surface area contributed by atoms with Crippen LogP contribution in [0.5, 0.6) is 0 Å². The topological polar surface area (TPSA) is 59.2 Å². The average Bonchev–Trinajstić information content (AvgIpc) is 3.18. The summed E-state index contributed by atoms with van der Waals surface area (Å²) in [5, 5.41) is 0. The summed E-state index contributed by atoms with van der Waals surface area (Å²) in [4.78, 5) is 18.7. The standard InChI is InChI=1S/C15H23N3O/c1-15(2,3)13(16)14(19)18(12-7-8-12)10-11-6-4-5-9-17-11/h4-6,9,12-13H,7-8,10,16H2,1-3H3. The van der Waals surface area contributed by atoms with Crippen molar-refractivity contribution in [1.82, 2.24) is 9.88 Å². The molecule has 1 aromatic heterocycles. The zero-order chi connectivity index (χ0) is 14.0. The lowest BCUT2D eigenvalue weighted by Crippen LogP contribution is -2.50. The van der Waals surface area contributed by atoms with Gasteiger partial charge in [-0.3, -0.25) is 9.78 Å². The highest BCUT2D eigenvalue weighted by molar-refractivity contribution is 5.83. The number of hydrogen-bond donors (Lipinski definition) is 1. The van der Waals surface area contributed by atoms with Crippen LogP contribution in [0.4, 0.5) is 0 Å². The molecule has 1 fully saturated rings. The third-order valence-electron chi connectivity index (χ3n) is 3.53. The minimum atomic E-state index is -0.461. The molecule has 0 aliphatic heterocycles. The first-order valence-electron chi connectivity index (χ1n) is 6.85. The minimum Gasteiger partial charge on any atom is -0.332 e. The largest absolute Gasteiger partial charge is 0.332 e. The summed E-state index contributed by atoms with van der Waals surface area (Å²) in [7, 11) is 0. The molecule has 0 aromatic carbocycles. The molecule has 1 amide bonds. The number of rotatable bonds is 4. The molecule has 1 unspecified atom stereocenters. The molecule has 4 nitrogen and oxygen atoms in total. The van der Waals surface area contributed by atoms with Gasteiger partial charge in [0.25, 0.3) is 0 Å². The summed E-state index contributed by atoms with van der Waals surface area (Å²) >= 11 is 0. The SMILES string of the molecule is CC(C)(C)C(N)C(=O)N(Cc1ccccn1)C1CC1. The van der Waals surface area contributed by atoms with Gasteiger partial charge in [-0.2, -0.15) is 0 Å². The van der Waals surface area contributed by atoms with Crippen LogP contribution in [0.2, 0.25) is 0 Å². The average molecular weight is 261 g/mol. The van der Waals surface area contributed by atoms with Gasteiger partial charge in [0.05, 0.1) is 18.3 Å². The smallest absolute Gasteiger partial charge is 0.240 e. The second-order valence-electron chi connectivity index (χ2n) is 6.36. The van der Waals surface area contributed by atoms with Gasteiger partial charge >= 0.3 is 0 Å². The molecule has 1 aliphatic rings. The van der Waals surface area contributed by atoms with Gasteiger partial charge in [0.1, 0.15) is 0 Å². The van der Waals surface area contributed by atoms with E-state index in [4.69, 9.17) is 5.73 Å². The maximum atomic E-state index is 12.5. The van der Waals surface area contributed by atoms with Gasteiger partial charge in [0.2, 0.25) is 5.91 Å². The summed E-state index contributed by atoms with van der Waals surface area (Å²) in [5.41, 5.74) is 6.81.